The number of carbonyl (C=O) groups excluding carboxylic acids is 3. The Kier molecular flexibility index (Phi) is 3.00. The highest BCUT2D eigenvalue weighted by atomic mass is 16.2. The minimum Gasteiger partial charge on any atom is -0.322 e. The topological polar surface area (TPSA) is 95.2 Å². The van der Waals surface area contributed by atoms with Crippen molar-refractivity contribution in [1.82, 2.24) is 20.4 Å². The highest BCUT2D eigenvalue weighted by Crippen LogP contribution is 2.33. The van der Waals surface area contributed by atoms with E-state index < -0.39 is 11.9 Å². The Morgan fingerprint density at radius 1 is 1.13 bits per heavy atom. The number of aromatic amines is 1. The lowest BCUT2D eigenvalue weighted by molar-refractivity contribution is -0.136. The predicted octanol–water partition coefficient (Wildman–Crippen LogP) is 0.838. The first-order valence-electron chi connectivity index (χ1n) is 7.42. The first-order valence-corrected chi connectivity index (χ1v) is 7.42. The fraction of sp³-hybridized carbons (Fsp3) is 0.250. The van der Waals surface area contributed by atoms with Crippen LogP contribution in [0.25, 0.3) is 11.3 Å². The normalized spacial score (nSPS) is 20.6. The summed E-state index contributed by atoms with van der Waals surface area (Å²) in [6.45, 7) is 0.351. The molecule has 23 heavy (non-hydrogen) atoms. The number of rotatable bonds is 2. The highest BCUT2D eigenvalue weighted by molar-refractivity contribution is 6.06. The van der Waals surface area contributed by atoms with Crippen molar-refractivity contribution in [2.24, 2.45) is 0 Å². The van der Waals surface area contributed by atoms with Crippen molar-refractivity contribution >= 4 is 17.7 Å². The maximum absolute atomic E-state index is 12.7. The van der Waals surface area contributed by atoms with Gasteiger partial charge < -0.3 is 4.90 Å². The Bertz CT molecular complexity index is 813. The van der Waals surface area contributed by atoms with Crippen LogP contribution in [-0.2, 0) is 16.1 Å². The number of hydrogen-bond acceptors (Lipinski definition) is 4. The van der Waals surface area contributed by atoms with Crippen LogP contribution in [0.1, 0.15) is 28.8 Å². The molecule has 7 heteroatoms. The first kappa shape index (κ1) is 13.7. The second-order valence-corrected chi connectivity index (χ2v) is 5.69. The van der Waals surface area contributed by atoms with E-state index in [0.29, 0.717) is 18.5 Å². The Balaban J connectivity index is 1.70. The predicted molar refractivity (Wildman–Crippen MR) is 80.1 cm³/mol. The number of nitrogens with zero attached hydrogens (tertiary/aromatic N) is 2. The van der Waals surface area contributed by atoms with Gasteiger partial charge >= 0.3 is 0 Å². The zero-order chi connectivity index (χ0) is 16.0. The van der Waals surface area contributed by atoms with Crippen molar-refractivity contribution in [3.8, 4) is 11.3 Å². The van der Waals surface area contributed by atoms with Crippen LogP contribution in [0.5, 0.6) is 0 Å². The van der Waals surface area contributed by atoms with Crippen molar-refractivity contribution in [3.05, 3.63) is 41.6 Å². The largest absolute Gasteiger partial charge is 0.322 e. The molecule has 1 aromatic heterocycles. The number of carbonyl (C=O) groups is 3. The molecule has 3 amide bonds. The second-order valence-electron chi connectivity index (χ2n) is 5.69. The number of aromatic nitrogens is 2. The second kappa shape index (κ2) is 5.05. The zero-order valence-electron chi connectivity index (χ0n) is 12.2. The quantitative estimate of drug-likeness (QED) is 0.803. The molecule has 3 heterocycles. The van der Waals surface area contributed by atoms with E-state index in [-0.39, 0.29) is 18.2 Å². The van der Waals surface area contributed by atoms with E-state index in [9.17, 15) is 14.4 Å². The summed E-state index contributed by atoms with van der Waals surface area (Å²) in [6, 6.07) is 6.74. The minimum atomic E-state index is -0.598. The molecule has 1 unspecified atom stereocenters. The van der Waals surface area contributed by atoms with Crippen LogP contribution < -0.4 is 5.32 Å². The molecule has 0 radical (unpaired) electrons. The molecular formula is C16H14N4O3. The van der Waals surface area contributed by atoms with Gasteiger partial charge in [0.25, 0.3) is 5.91 Å². The molecule has 2 aliphatic heterocycles. The maximum Gasteiger partial charge on any atom is 0.255 e. The fourth-order valence-corrected chi connectivity index (χ4v) is 3.24. The number of piperidine rings is 1. The van der Waals surface area contributed by atoms with Crippen molar-refractivity contribution < 1.29 is 14.4 Å². The summed E-state index contributed by atoms with van der Waals surface area (Å²) in [4.78, 5) is 37.6. The average Bonchev–Trinajstić information content (AvgIpc) is 3.16. The minimum absolute atomic E-state index is 0.174. The number of H-pyrrole nitrogens is 1. The molecule has 0 aliphatic carbocycles. The summed E-state index contributed by atoms with van der Waals surface area (Å²) in [7, 11) is 0. The van der Waals surface area contributed by atoms with Crippen molar-refractivity contribution in [2.45, 2.75) is 25.4 Å². The molecule has 116 valence electrons. The molecule has 1 aromatic carbocycles. The number of amides is 3. The summed E-state index contributed by atoms with van der Waals surface area (Å²) in [6.07, 6.45) is 2.34. The zero-order valence-corrected chi connectivity index (χ0v) is 12.2. The SMILES string of the molecule is O=C1CCC(N2Cc3c(cccc3-c3cc[nH]n3)C2=O)C(=O)N1. The van der Waals surface area contributed by atoms with E-state index in [1.54, 1.807) is 17.2 Å². The van der Waals surface area contributed by atoms with Gasteiger partial charge in [-0.2, -0.15) is 5.10 Å². The molecule has 0 saturated carbocycles. The third kappa shape index (κ3) is 2.12. The van der Waals surface area contributed by atoms with Gasteiger partial charge in [-0.25, -0.2) is 0 Å². The van der Waals surface area contributed by atoms with E-state index in [1.807, 2.05) is 18.2 Å². The number of nitrogens with one attached hydrogen (secondary N) is 2. The molecule has 2 N–H and O–H groups in total. The van der Waals surface area contributed by atoms with Crippen LogP contribution in [0.15, 0.2) is 30.5 Å². The molecule has 7 nitrogen and oxygen atoms in total. The number of fused-ring (bicyclic) bond motifs is 1. The average molecular weight is 310 g/mol. The summed E-state index contributed by atoms with van der Waals surface area (Å²) in [5.74, 6) is -0.858. The van der Waals surface area contributed by atoms with Crippen LogP contribution in [0.3, 0.4) is 0 Å². The van der Waals surface area contributed by atoms with Crippen LogP contribution >= 0.6 is 0 Å². The number of hydrogen-bond donors (Lipinski definition) is 2. The Labute approximate surface area is 131 Å². The van der Waals surface area contributed by atoms with E-state index in [2.05, 4.69) is 15.5 Å². The lowest BCUT2D eigenvalue weighted by Crippen LogP contribution is -2.52. The number of benzene rings is 1. The van der Waals surface area contributed by atoms with Gasteiger partial charge in [0.2, 0.25) is 11.8 Å². The lowest BCUT2D eigenvalue weighted by Gasteiger charge is -2.29. The molecule has 0 bridgehead atoms. The molecule has 0 spiro atoms. The van der Waals surface area contributed by atoms with Gasteiger partial charge in [0.1, 0.15) is 6.04 Å². The Morgan fingerprint density at radius 2 is 1.96 bits per heavy atom. The third-order valence-corrected chi connectivity index (χ3v) is 4.36. The first-order chi connectivity index (χ1) is 11.1. The van der Waals surface area contributed by atoms with Crippen molar-refractivity contribution in [3.63, 3.8) is 0 Å². The maximum atomic E-state index is 12.7. The van der Waals surface area contributed by atoms with Crippen LogP contribution in [0.2, 0.25) is 0 Å². The molecule has 4 rings (SSSR count). The monoisotopic (exact) mass is 310 g/mol. The van der Waals surface area contributed by atoms with E-state index in [0.717, 1.165) is 16.8 Å². The van der Waals surface area contributed by atoms with Crippen LogP contribution in [0.4, 0.5) is 0 Å². The summed E-state index contributed by atoms with van der Waals surface area (Å²) >= 11 is 0. The third-order valence-electron chi connectivity index (χ3n) is 4.36. The van der Waals surface area contributed by atoms with Crippen molar-refractivity contribution in [2.75, 3.05) is 0 Å². The summed E-state index contributed by atoms with van der Waals surface area (Å²) in [5.41, 5.74) is 3.11. The highest BCUT2D eigenvalue weighted by Gasteiger charge is 2.39. The fourth-order valence-electron chi connectivity index (χ4n) is 3.24. The van der Waals surface area contributed by atoms with E-state index in [1.165, 1.54) is 0 Å². The Hall–Kier alpha value is -2.96. The summed E-state index contributed by atoms with van der Waals surface area (Å²) < 4.78 is 0. The van der Waals surface area contributed by atoms with Crippen LogP contribution in [-0.4, -0.2) is 38.9 Å². The van der Waals surface area contributed by atoms with Crippen molar-refractivity contribution in [1.29, 1.82) is 0 Å². The molecule has 1 fully saturated rings. The smallest absolute Gasteiger partial charge is 0.255 e. The Morgan fingerprint density at radius 3 is 2.70 bits per heavy atom. The molecule has 2 aromatic rings. The van der Waals surface area contributed by atoms with Gasteiger partial charge in [-0.15, -0.1) is 0 Å². The number of imide groups is 1. The lowest BCUT2D eigenvalue weighted by atomic mass is 10.0. The standard InChI is InChI=1S/C16H14N4O3/c21-14-5-4-13(15(22)18-14)20-8-11-9(12-6-7-17-19-12)2-1-3-10(11)16(20)23/h1-3,6-7,13H,4-5,8H2,(H,17,19)(H,18,21,22). The van der Waals surface area contributed by atoms with Gasteiger partial charge in [0, 0.05) is 30.3 Å². The van der Waals surface area contributed by atoms with Gasteiger partial charge in [0.15, 0.2) is 0 Å². The molecule has 2 aliphatic rings. The van der Waals surface area contributed by atoms with Gasteiger partial charge in [-0.05, 0) is 24.1 Å². The molecule has 1 saturated heterocycles. The van der Waals surface area contributed by atoms with E-state index in [4.69, 9.17) is 0 Å². The van der Waals surface area contributed by atoms with Gasteiger partial charge in [-0.3, -0.25) is 24.8 Å². The van der Waals surface area contributed by atoms with Crippen LogP contribution in [0, 0.1) is 0 Å². The van der Waals surface area contributed by atoms with Gasteiger partial charge in [0.05, 0.1) is 5.69 Å². The summed E-state index contributed by atoms with van der Waals surface area (Å²) in [5, 5.41) is 9.25. The van der Waals surface area contributed by atoms with E-state index >= 15 is 0 Å². The molecular weight excluding hydrogens is 296 g/mol. The molecule has 1 atom stereocenters. The van der Waals surface area contributed by atoms with Gasteiger partial charge in [-0.1, -0.05) is 12.1 Å².